The molecule has 0 aliphatic carbocycles. The van der Waals surface area contributed by atoms with Crippen LogP contribution in [0.3, 0.4) is 0 Å². The molecule has 30 heavy (non-hydrogen) atoms. The maximum atomic E-state index is 13.1. The third kappa shape index (κ3) is 7.53. The van der Waals surface area contributed by atoms with Gasteiger partial charge in [-0.3, -0.25) is 9.59 Å². The average Bonchev–Trinajstić information content (AvgIpc) is 2.74. The highest BCUT2D eigenvalue weighted by Crippen LogP contribution is 2.22. The molecule has 0 spiro atoms. The van der Waals surface area contributed by atoms with E-state index in [4.69, 9.17) is 23.2 Å². The van der Waals surface area contributed by atoms with Crippen molar-refractivity contribution in [2.45, 2.75) is 45.0 Å². The Kier molecular flexibility index (Phi) is 10.6. The van der Waals surface area contributed by atoms with Crippen LogP contribution in [-0.4, -0.2) is 35.1 Å². The Labute approximate surface area is 193 Å². The number of halogens is 2. The monoisotopic (exact) mass is 466 g/mol. The highest BCUT2D eigenvalue weighted by Gasteiger charge is 2.28. The Hall–Kier alpha value is -1.69. The van der Waals surface area contributed by atoms with Gasteiger partial charge < -0.3 is 10.2 Å². The molecule has 0 unspecified atom stereocenters. The van der Waals surface area contributed by atoms with Crippen LogP contribution in [0.25, 0.3) is 0 Å². The summed E-state index contributed by atoms with van der Waals surface area (Å²) in [5, 5.41) is 4.20. The second-order valence-corrected chi connectivity index (χ2v) is 8.78. The van der Waals surface area contributed by atoms with E-state index in [0.717, 1.165) is 17.5 Å². The Morgan fingerprint density at radius 2 is 1.77 bits per heavy atom. The molecule has 0 aliphatic rings. The standard InChI is InChI=1S/C23H28Cl2N2O2S/c1-3-13-26-23(29)21(4-2)27(14-18-7-5-6-8-20(18)25)22(28)16-30-15-17-9-11-19(24)12-10-17/h5-12,21H,3-4,13-16H2,1-2H3,(H,26,29)/t21-/m0/s1. The van der Waals surface area contributed by atoms with E-state index in [2.05, 4.69) is 5.32 Å². The number of rotatable bonds is 11. The van der Waals surface area contributed by atoms with Crippen LogP contribution in [0.4, 0.5) is 0 Å². The summed E-state index contributed by atoms with van der Waals surface area (Å²) in [6.07, 6.45) is 1.38. The topological polar surface area (TPSA) is 49.4 Å². The van der Waals surface area contributed by atoms with Crippen LogP contribution in [0.1, 0.15) is 37.8 Å². The number of nitrogens with one attached hydrogen (secondary N) is 1. The van der Waals surface area contributed by atoms with Gasteiger partial charge in [0.15, 0.2) is 0 Å². The summed E-state index contributed by atoms with van der Waals surface area (Å²) in [7, 11) is 0. The van der Waals surface area contributed by atoms with Crippen LogP contribution >= 0.6 is 35.0 Å². The van der Waals surface area contributed by atoms with E-state index in [1.165, 1.54) is 11.8 Å². The number of carbonyl (C=O) groups excluding carboxylic acids is 2. The van der Waals surface area contributed by atoms with E-state index in [1.54, 1.807) is 11.0 Å². The van der Waals surface area contributed by atoms with Crippen LogP contribution in [0.2, 0.25) is 10.0 Å². The van der Waals surface area contributed by atoms with Gasteiger partial charge in [0, 0.05) is 28.9 Å². The van der Waals surface area contributed by atoms with Crippen molar-refractivity contribution in [3.63, 3.8) is 0 Å². The normalized spacial score (nSPS) is 11.7. The molecule has 162 valence electrons. The Bertz CT molecular complexity index is 830. The lowest BCUT2D eigenvalue weighted by Crippen LogP contribution is -2.49. The molecule has 2 aromatic rings. The average molecular weight is 467 g/mol. The molecule has 2 amide bonds. The molecule has 7 heteroatoms. The third-order valence-electron chi connectivity index (χ3n) is 4.64. The molecule has 0 radical (unpaired) electrons. The van der Waals surface area contributed by atoms with Crippen molar-refractivity contribution in [3.05, 3.63) is 69.7 Å². The molecule has 1 atom stereocenters. The summed E-state index contributed by atoms with van der Waals surface area (Å²) in [5.41, 5.74) is 1.93. The number of amides is 2. The SMILES string of the molecule is CCCNC(=O)[C@H](CC)N(Cc1ccccc1Cl)C(=O)CSCc1ccc(Cl)cc1. The number of hydrogen-bond donors (Lipinski definition) is 1. The molecule has 2 aromatic carbocycles. The van der Waals surface area contributed by atoms with Crippen molar-refractivity contribution in [1.29, 1.82) is 0 Å². The number of thioether (sulfide) groups is 1. The van der Waals surface area contributed by atoms with Gasteiger partial charge in [-0.15, -0.1) is 11.8 Å². The molecule has 0 saturated carbocycles. The number of nitrogens with zero attached hydrogens (tertiary/aromatic N) is 1. The number of hydrogen-bond acceptors (Lipinski definition) is 3. The molecule has 0 heterocycles. The summed E-state index contributed by atoms with van der Waals surface area (Å²) >= 11 is 13.8. The molecule has 0 aliphatic heterocycles. The summed E-state index contributed by atoms with van der Waals surface area (Å²) < 4.78 is 0. The van der Waals surface area contributed by atoms with E-state index in [1.807, 2.05) is 56.3 Å². The smallest absolute Gasteiger partial charge is 0.242 e. The summed E-state index contributed by atoms with van der Waals surface area (Å²) in [6, 6.07) is 14.5. The Morgan fingerprint density at radius 1 is 1.07 bits per heavy atom. The van der Waals surface area contributed by atoms with Gasteiger partial charge in [0.1, 0.15) is 6.04 Å². The number of carbonyl (C=O) groups is 2. The molecule has 0 aromatic heterocycles. The zero-order valence-electron chi connectivity index (χ0n) is 17.4. The molecular weight excluding hydrogens is 439 g/mol. The fourth-order valence-electron chi connectivity index (χ4n) is 3.02. The lowest BCUT2D eigenvalue weighted by Gasteiger charge is -2.31. The zero-order chi connectivity index (χ0) is 21.9. The maximum absolute atomic E-state index is 13.1. The quantitative estimate of drug-likeness (QED) is 0.471. The zero-order valence-corrected chi connectivity index (χ0v) is 19.7. The summed E-state index contributed by atoms with van der Waals surface area (Å²) in [4.78, 5) is 27.5. The van der Waals surface area contributed by atoms with Crippen LogP contribution in [-0.2, 0) is 21.9 Å². The minimum Gasteiger partial charge on any atom is -0.354 e. The Morgan fingerprint density at radius 3 is 2.40 bits per heavy atom. The molecule has 2 rings (SSSR count). The first-order valence-corrected chi connectivity index (χ1v) is 12.0. The summed E-state index contributed by atoms with van der Waals surface area (Å²) in [5.74, 6) is 0.779. The van der Waals surface area contributed by atoms with Crippen molar-refractivity contribution < 1.29 is 9.59 Å². The highest BCUT2D eigenvalue weighted by molar-refractivity contribution is 7.99. The second kappa shape index (κ2) is 12.9. The van der Waals surface area contributed by atoms with Gasteiger partial charge >= 0.3 is 0 Å². The molecule has 4 nitrogen and oxygen atoms in total. The van der Waals surface area contributed by atoms with Gasteiger partial charge in [0.05, 0.1) is 5.75 Å². The molecular formula is C23H28Cl2N2O2S. The van der Waals surface area contributed by atoms with Gasteiger partial charge in [0.2, 0.25) is 11.8 Å². The first-order chi connectivity index (χ1) is 14.5. The number of benzene rings is 2. The van der Waals surface area contributed by atoms with Crippen molar-refractivity contribution >= 4 is 46.8 Å². The summed E-state index contributed by atoms with van der Waals surface area (Å²) in [6.45, 7) is 4.82. The van der Waals surface area contributed by atoms with Crippen molar-refractivity contribution in [1.82, 2.24) is 10.2 Å². The van der Waals surface area contributed by atoms with Crippen molar-refractivity contribution in [2.24, 2.45) is 0 Å². The van der Waals surface area contributed by atoms with Gasteiger partial charge in [0.25, 0.3) is 0 Å². The first kappa shape index (κ1) is 24.6. The van der Waals surface area contributed by atoms with E-state index in [9.17, 15) is 9.59 Å². The predicted octanol–water partition coefficient (Wildman–Crippen LogP) is 5.56. The van der Waals surface area contributed by atoms with Gasteiger partial charge in [-0.25, -0.2) is 0 Å². The van der Waals surface area contributed by atoms with Crippen molar-refractivity contribution in [3.8, 4) is 0 Å². The van der Waals surface area contributed by atoms with E-state index in [0.29, 0.717) is 35.3 Å². The van der Waals surface area contributed by atoms with Gasteiger partial charge in [-0.1, -0.05) is 67.4 Å². The lowest BCUT2D eigenvalue weighted by atomic mass is 10.1. The van der Waals surface area contributed by atoms with E-state index >= 15 is 0 Å². The van der Waals surface area contributed by atoms with Crippen LogP contribution in [0.5, 0.6) is 0 Å². The second-order valence-electron chi connectivity index (χ2n) is 6.95. The van der Waals surface area contributed by atoms with E-state index < -0.39 is 6.04 Å². The van der Waals surface area contributed by atoms with Crippen LogP contribution in [0.15, 0.2) is 48.5 Å². The van der Waals surface area contributed by atoms with Crippen molar-refractivity contribution in [2.75, 3.05) is 12.3 Å². The lowest BCUT2D eigenvalue weighted by molar-refractivity contribution is -0.139. The van der Waals surface area contributed by atoms with Gasteiger partial charge in [-0.2, -0.15) is 0 Å². The molecule has 0 bridgehead atoms. The van der Waals surface area contributed by atoms with Crippen LogP contribution < -0.4 is 5.32 Å². The largest absolute Gasteiger partial charge is 0.354 e. The fraction of sp³-hybridized carbons (Fsp3) is 0.391. The van der Waals surface area contributed by atoms with E-state index in [-0.39, 0.29) is 17.6 Å². The Balaban J connectivity index is 2.11. The van der Waals surface area contributed by atoms with Crippen LogP contribution in [0, 0.1) is 0 Å². The minimum atomic E-state index is -0.531. The predicted molar refractivity (Wildman–Crippen MR) is 127 cm³/mol. The third-order valence-corrected chi connectivity index (χ3v) is 6.25. The first-order valence-electron chi connectivity index (χ1n) is 10.1. The molecule has 0 saturated heterocycles. The molecule has 0 fully saturated rings. The highest BCUT2D eigenvalue weighted by atomic mass is 35.5. The molecule has 1 N–H and O–H groups in total. The fourth-order valence-corrected chi connectivity index (χ4v) is 4.21. The minimum absolute atomic E-state index is 0.0765. The van der Waals surface area contributed by atoms with Gasteiger partial charge in [-0.05, 0) is 42.2 Å². The maximum Gasteiger partial charge on any atom is 0.242 e.